The van der Waals surface area contributed by atoms with Crippen LogP contribution < -0.4 is 0 Å². The molecule has 1 rings (SSSR count). The van der Waals surface area contributed by atoms with Crippen LogP contribution in [0.4, 0.5) is 5.69 Å². The third-order valence-corrected chi connectivity index (χ3v) is 4.98. The molecule has 100 valence electrons. The van der Waals surface area contributed by atoms with Crippen molar-refractivity contribution >= 4 is 27.3 Å². The van der Waals surface area contributed by atoms with Gasteiger partial charge in [-0.05, 0) is 6.07 Å². The first-order chi connectivity index (χ1) is 8.34. The molecule has 0 fully saturated rings. The summed E-state index contributed by atoms with van der Waals surface area (Å²) in [5.74, 6) is 0. The summed E-state index contributed by atoms with van der Waals surface area (Å²) < 4.78 is 25.6. The van der Waals surface area contributed by atoms with Gasteiger partial charge in [-0.15, -0.1) is 0 Å². The zero-order valence-corrected chi connectivity index (χ0v) is 11.5. The smallest absolute Gasteiger partial charge is 0.258 e. The molecule has 0 bridgehead atoms. The molecule has 0 amide bonds. The number of nitro groups is 1. The Morgan fingerprint density at radius 1 is 1.33 bits per heavy atom. The van der Waals surface area contributed by atoms with E-state index in [1.165, 1.54) is 4.31 Å². The summed E-state index contributed by atoms with van der Waals surface area (Å²) in [6.07, 6.45) is 0. The topological polar surface area (TPSA) is 80.5 Å². The van der Waals surface area contributed by atoms with Gasteiger partial charge in [-0.3, -0.25) is 10.1 Å². The molecule has 0 radical (unpaired) electrons. The number of nitro benzene ring substituents is 1. The first kappa shape index (κ1) is 14.9. The molecule has 0 aliphatic carbocycles. The van der Waals surface area contributed by atoms with Gasteiger partial charge in [0.25, 0.3) is 5.69 Å². The minimum atomic E-state index is -3.70. The van der Waals surface area contributed by atoms with Crippen LogP contribution in [0.1, 0.15) is 13.8 Å². The highest BCUT2D eigenvalue weighted by Gasteiger charge is 2.25. The van der Waals surface area contributed by atoms with E-state index in [1.807, 2.05) is 0 Å². The van der Waals surface area contributed by atoms with E-state index in [1.54, 1.807) is 13.8 Å². The standard InChI is InChI=1S/C10H13ClN2O4S/c1-3-12(4-2)18(16,17)10-6-5-8(13(14)15)7-9(10)11/h5-7H,3-4H2,1-2H3. The molecule has 0 saturated heterocycles. The number of benzene rings is 1. The molecule has 0 spiro atoms. The van der Waals surface area contributed by atoms with Crippen LogP contribution in [0, 0.1) is 10.1 Å². The van der Waals surface area contributed by atoms with E-state index in [2.05, 4.69) is 0 Å². The summed E-state index contributed by atoms with van der Waals surface area (Å²) in [5, 5.41) is 10.4. The molecule has 6 nitrogen and oxygen atoms in total. The van der Waals surface area contributed by atoms with Gasteiger partial charge in [0.1, 0.15) is 4.90 Å². The molecular formula is C10H13ClN2O4S. The van der Waals surface area contributed by atoms with Gasteiger partial charge < -0.3 is 0 Å². The van der Waals surface area contributed by atoms with Gasteiger partial charge in [-0.2, -0.15) is 4.31 Å². The van der Waals surface area contributed by atoms with Crippen LogP contribution in [0.5, 0.6) is 0 Å². The Morgan fingerprint density at radius 2 is 1.89 bits per heavy atom. The van der Waals surface area contributed by atoms with E-state index < -0.39 is 14.9 Å². The quantitative estimate of drug-likeness (QED) is 0.616. The van der Waals surface area contributed by atoms with Gasteiger partial charge in [0.05, 0.1) is 9.95 Å². The van der Waals surface area contributed by atoms with Gasteiger partial charge in [0, 0.05) is 25.2 Å². The van der Waals surface area contributed by atoms with Gasteiger partial charge >= 0.3 is 0 Å². The third kappa shape index (κ3) is 2.80. The number of halogens is 1. The number of nitrogens with zero attached hydrogens (tertiary/aromatic N) is 2. The highest BCUT2D eigenvalue weighted by molar-refractivity contribution is 7.89. The van der Waals surface area contributed by atoms with Gasteiger partial charge in [0.2, 0.25) is 10.0 Å². The highest BCUT2D eigenvalue weighted by atomic mass is 35.5. The molecule has 0 heterocycles. The predicted octanol–water partition coefficient (Wildman–Crippen LogP) is 2.28. The first-order valence-electron chi connectivity index (χ1n) is 5.28. The lowest BCUT2D eigenvalue weighted by atomic mass is 10.3. The zero-order valence-electron chi connectivity index (χ0n) is 9.96. The first-order valence-corrected chi connectivity index (χ1v) is 7.10. The molecule has 0 N–H and O–H groups in total. The second-order valence-electron chi connectivity index (χ2n) is 3.46. The molecule has 8 heteroatoms. The van der Waals surface area contributed by atoms with E-state index in [0.717, 1.165) is 18.2 Å². The van der Waals surface area contributed by atoms with Gasteiger partial charge in [0.15, 0.2) is 0 Å². The maximum Gasteiger partial charge on any atom is 0.271 e. The Labute approximate surface area is 110 Å². The normalized spacial score (nSPS) is 11.8. The fourth-order valence-corrected chi connectivity index (χ4v) is 3.49. The van der Waals surface area contributed by atoms with Gasteiger partial charge in [-0.1, -0.05) is 25.4 Å². The van der Waals surface area contributed by atoms with Crippen LogP contribution in [-0.4, -0.2) is 30.7 Å². The molecule has 18 heavy (non-hydrogen) atoms. The maximum atomic E-state index is 12.2. The summed E-state index contributed by atoms with van der Waals surface area (Å²) in [5.41, 5.74) is -0.238. The Hall–Kier alpha value is -1.18. The van der Waals surface area contributed by atoms with Crippen molar-refractivity contribution < 1.29 is 13.3 Å². The van der Waals surface area contributed by atoms with E-state index in [4.69, 9.17) is 11.6 Å². The molecule has 0 aliphatic rings. The summed E-state index contributed by atoms with van der Waals surface area (Å²) in [6.45, 7) is 4.04. The number of rotatable bonds is 5. The van der Waals surface area contributed by atoms with E-state index in [9.17, 15) is 18.5 Å². The fraction of sp³-hybridized carbons (Fsp3) is 0.400. The lowest BCUT2D eigenvalue weighted by molar-refractivity contribution is -0.384. The number of hydrogen-bond donors (Lipinski definition) is 0. The molecule has 0 unspecified atom stereocenters. The summed E-state index contributed by atoms with van der Waals surface area (Å²) in [6, 6.07) is 3.33. The van der Waals surface area contributed by atoms with Crippen molar-refractivity contribution in [2.75, 3.05) is 13.1 Å². The Kier molecular flexibility index (Phi) is 4.66. The molecule has 1 aromatic carbocycles. The molecular weight excluding hydrogens is 280 g/mol. The van der Waals surface area contributed by atoms with Crippen LogP contribution in [0.2, 0.25) is 5.02 Å². The zero-order chi connectivity index (χ0) is 13.9. The summed E-state index contributed by atoms with van der Waals surface area (Å²) in [7, 11) is -3.70. The number of hydrogen-bond acceptors (Lipinski definition) is 4. The molecule has 0 aromatic heterocycles. The molecule has 0 aliphatic heterocycles. The second kappa shape index (κ2) is 5.64. The second-order valence-corrected chi connectivity index (χ2v) is 5.77. The Bertz CT molecular complexity index is 555. The summed E-state index contributed by atoms with van der Waals surface area (Å²) >= 11 is 5.81. The lowest BCUT2D eigenvalue weighted by Gasteiger charge is -2.18. The maximum absolute atomic E-state index is 12.2. The van der Waals surface area contributed by atoms with E-state index in [0.29, 0.717) is 13.1 Å². The molecule has 0 atom stereocenters. The minimum Gasteiger partial charge on any atom is -0.258 e. The fourth-order valence-electron chi connectivity index (χ4n) is 1.52. The third-order valence-electron chi connectivity index (χ3n) is 2.45. The van der Waals surface area contributed by atoms with Crippen LogP contribution >= 0.6 is 11.6 Å². The minimum absolute atomic E-state index is 0.113. The SMILES string of the molecule is CCN(CC)S(=O)(=O)c1ccc([N+](=O)[O-])cc1Cl. The molecule has 1 aromatic rings. The number of non-ortho nitro benzene ring substituents is 1. The summed E-state index contributed by atoms with van der Waals surface area (Å²) in [4.78, 5) is 9.81. The Balaban J connectivity index is 3.30. The Morgan fingerprint density at radius 3 is 2.28 bits per heavy atom. The number of sulfonamides is 1. The highest BCUT2D eigenvalue weighted by Crippen LogP contribution is 2.28. The van der Waals surface area contributed by atoms with Crippen molar-refractivity contribution in [2.24, 2.45) is 0 Å². The van der Waals surface area contributed by atoms with Crippen molar-refractivity contribution in [1.29, 1.82) is 0 Å². The van der Waals surface area contributed by atoms with Crippen LogP contribution in [0.15, 0.2) is 23.1 Å². The van der Waals surface area contributed by atoms with Gasteiger partial charge in [-0.25, -0.2) is 8.42 Å². The van der Waals surface area contributed by atoms with E-state index >= 15 is 0 Å². The van der Waals surface area contributed by atoms with Crippen molar-refractivity contribution in [3.8, 4) is 0 Å². The van der Waals surface area contributed by atoms with E-state index in [-0.39, 0.29) is 15.6 Å². The van der Waals surface area contributed by atoms with Crippen LogP contribution in [0.25, 0.3) is 0 Å². The average Bonchev–Trinajstić information content (AvgIpc) is 2.29. The van der Waals surface area contributed by atoms with Crippen molar-refractivity contribution in [3.63, 3.8) is 0 Å². The molecule has 0 saturated carbocycles. The van der Waals surface area contributed by atoms with Crippen molar-refractivity contribution in [3.05, 3.63) is 33.3 Å². The lowest BCUT2D eigenvalue weighted by Crippen LogP contribution is -2.30. The average molecular weight is 293 g/mol. The monoisotopic (exact) mass is 292 g/mol. The van der Waals surface area contributed by atoms with Crippen LogP contribution in [-0.2, 0) is 10.0 Å². The largest absolute Gasteiger partial charge is 0.271 e. The van der Waals surface area contributed by atoms with Crippen molar-refractivity contribution in [2.45, 2.75) is 18.7 Å². The van der Waals surface area contributed by atoms with Crippen LogP contribution in [0.3, 0.4) is 0 Å². The van der Waals surface area contributed by atoms with Crippen molar-refractivity contribution in [1.82, 2.24) is 4.31 Å². The predicted molar refractivity (Wildman–Crippen MR) is 68.2 cm³/mol.